The van der Waals surface area contributed by atoms with Crippen molar-refractivity contribution in [1.29, 1.82) is 0 Å². The molecule has 1 N–H and O–H groups in total. The molecule has 1 fully saturated rings. The third-order valence-corrected chi connectivity index (χ3v) is 5.38. The maximum absolute atomic E-state index is 12.9. The number of carbonyl (C=O) groups is 4. The van der Waals surface area contributed by atoms with E-state index < -0.39 is 6.09 Å². The molecule has 3 rings (SSSR count). The highest BCUT2D eigenvalue weighted by Gasteiger charge is 2.36. The first-order valence-corrected chi connectivity index (χ1v) is 10.3. The number of imide groups is 1. The normalized spacial score (nSPS) is 16.3. The molecular formula is C22H27N3O6. The molecule has 0 atom stereocenters. The van der Waals surface area contributed by atoms with Crippen LogP contribution in [0.4, 0.5) is 4.79 Å². The molecule has 1 aromatic rings. The Balaban J connectivity index is 1.60. The molecule has 1 saturated heterocycles. The number of nitrogens with one attached hydrogen (secondary N) is 1. The summed E-state index contributed by atoms with van der Waals surface area (Å²) >= 11 is 0. The number of piperidine rings is 1. The molecule has 0 aromatic heterocycles. The van der Waals surface area contributed by atoms with Crippen molar-refractivity contribution < 1.29 is 28.7 Å². The van der Waals surface area contributed by atoms with Crippen LogP contribution in [0.2, 0.25) is 0 Å². The molecule has 0 radical (unpaired) electrons. The highest BCUT2D eigenvalue weighted by Crippen LogP contribution is 2.25. The number of carbonyl (C=O) groups excluding carboxylic acids is 4. The smallest absolute Gasteiger partial charge is 0.407 e. The lowest BCUT2D eigenvalue weighted by Gasteiger charge is -2.32. The average Bonchev–Trinajstić information content (AvgIpc) is 3.02. The standard InChI is InChI=1S/C22H27N3O6/c1-3-12-31-22(29)23-16-7-10-24(11-8-16)19(26)15-5-6-17-18(14-15)21(28)25(20(17)27)9-4-13-30-2/h3,5-6,14,16H,1,4,7-13H2,2H3,(H,23,29). The van der Waals surface area contributed by atoms with E-state index in [1.54, 1.807) is 24.1 Å². The van der Waals surface area contributed by atoms with Crippen molar-refractivity contribution in [2.24, 2.45) is 0 Å². The van der Waals surface area contributed by atoms with Crippen LogP contribution < -0.4 is 5.32 Å². The van der Waals surface area contributed by atoms with Gasteiger partial charge < -0.3 is 19.7 Å². The first-order valence-electron chi connectivity index (χ1n) is 10.3. The maximum Gasteiger partial charge on any atom is 0.407 e. The predicted molar refractivity (Wildman–Crippen MR) is 112 cm³/mol. The van der Waals surface area contributed by atoms with Crippen molar-refractivity contribution in [2.45, 2.75) is 25.3 Å². The number of fused-ring (bicyclic) bond motifs is 1. The zero-order valence-corrected chi connectivity index (χ0v) is 17.6. The van der Waals surface area contributed by atoms with E-state index in [0.29, 0.717) is 50.1 Å². The number of ether oxygens (including phenoxy) is 2. The summed E-state index contributed by atoms with van der Waals surface area (Å²) in [6, 6.07) is 4.57. The van der Waals surface area contributed by atoms with Gasteiger partial charge in [0.05, 0.1) is 11.1 Å². The topological polar surface area (TPSA) is 105 Å². The Labute approximate surface area is 181 Å². The first kappa shape index (κ1) is 22.5. The summed E-state index contributed by atoms with van der Waals surface area (Å²) < 4.78 is 9.90. The summed E-state index contributed by atoms with van der Waals surface area (Å²) in [6.07, 6.45) is 2.75. The van der Waals surface area contributed by atoms with Gasteiger partial charge in [-0.15, -0.1) is 0 Å². The van der Waals surface area contributed by atoms with Gasteiger partial charge in [0.15, 0.2) is 0 Å². The first-order chi connectivity index (χ1) is 15.0. The van der Waals surface area contributed by atoms with Crippen molar-refractivity contribution in [3.05, 3.63) is 47.5 Å². The predicted octanol–water partition coefficient (Wildman–Crippen LogP) is 1.84. The van der Waals surface area contributed by atoms with Crippen LogP contribution in [-0.4, -0.2) is 79.6 Å². The molecule has 2 aliphatic rings. The van der Waals surface area contributed by atoms with Crippen LogP contribution in [0.15, 0.2) is 30.9 Å². The Bertz CT molecular complexity index is 876. The number of rotatable bonds is 8. The lowest BCUT2D eigenvalue weighted by Crippen LogP contribution is -2.46. The Morgan fingerprint density at radius 1 is 1.19 bits per heavy atom. The van der Waals surface area contributed by atoms with Crippen LogP contribution in [0.5, 0.6) is 0 Å². The minimum absolute atomic E-state index is 0.0683. The number of alkyl carbamates (subject to hydrolysis) is 1. The van der Waals surface area contributed by atoms with Gasteiger partial charge in [-0.25, -0.2) is 4.79 Å². The van der Waals surface area contributed by atoms with Gasteiger partial charge in [0, 0.05) is 45.0 Å². The van der Waals surface area contributed by atoms with Crippen molar-refractivity contribution >= 4 is 23.8 Å². The molecule has 9 heteroatoms. The second kappa shape index (κ2) is 10.2. The fraction of sp³-hybridized carbons (Fsp3) is 0.455. The molecule has 9 nitrogen and oxygen atoms in total. The van der Waals surface area contributed by atoms with E-state index in [9.17, 15) is 19.2 Å². The second-order valence-electron chi connectivity index (χ2n) is 7.47. The number of amides is 4. The molecule has 0 unspecified atom stereocenters. The van der Waals surface area contributed by atoms with Gasteiger partial charge in [-0.1, -0.05) is 12.7 Å². The summed E-state index contributed by atoms with van der Waals surface area (Å²) in [6.45, 7) is 5.31. The molecule has 31 heavy (non-hydrogen) atoms. The Kier molecular flexibility index (Phi) is 7.41. The Hall–Kier alpha value is -3.20. The van der Waals surface area contributed by atoms with Gasteiger partial charge in [-0.2, -0.15) is 0 Å². The van der Waals surface area contributed by atoms with E-state index in [0.717, 1.165) is 0 Å². The summed E-state index contributed by atoms with van der Waals surface area (Å²) in [5, 5.41) is 2.78. The Morgan fingerprint density at radius 3 is 2.58 bits per heavy atom. The van der Waals surface area contributed by atoms with Crippen LogP contribution in [-0.2, 0) is 9.47 Å². The lowest BCUT2D eigenvalue weighted by molar-refractivity contribution is 0.0637. The van der Waals surface area contributed by atoms with Gasteiger partial charge in [-0.05, 0) is 37.5 Å². The molecule has 0 aliphatic carbocycles. The molecule has 2 heterocycles. The fourth-order valence-corrected chi connectivity index (χ4v) is 3.75. The number of likely N-dealkylation sites (tertiary alicyclic amines) is 1. The van der Waals surface area contributed by atoms with Gasteiger partial charge in [0.25, 0.3) is 17.7 Å². The summed E-state index contributed by atoms with van der Waals surface area (Å²) in [5.74, 6) is -0.925. The molecule has 1 aromatic carbocycles. The summed E-state index contributed by atoms with van der Waals surface area (Å²) in [7, 11) is 1.56. The molecule has 166 valence electrons. The molecule has 0 bridgehead atoms. The third-order valence-electron chi connectivity index (χ3n) is 5.38. The van der Waals surface area contributed by atoms with Crippen LogP contribution >= 0.6 is 0 Å². The maximum atomic E-state index is 12.9. The van der Waals surface area contributed by atoms with Gasteiger partial charge in [0.1, 0.15) is 6.61 Å². The SMILES string of the molecule is C=CCOC(=O)NC1CCN(C(=O)c2ccc3c(c2)C(=O)N(CCCOC)C3=O)CC1. The molecule has 2 aliphatic heterocycles. The van der Waals surface area contributed by atoms with Gasteiger partial charge in [0.2, 0.25) is 0 Å². The van der Waals surface area contributed by atoms with Crippen molar-refractivity contribution in [3.8, 4) is 0 Å². The average molecular weight is 429 g/mol. The zero-order chi connectivity index (χ0) is 22.4. The van der Waals surface area contributed by atoms with E-state index in [-0.39, 0.29) is 42.5 Å². The number of methoxy groups -OCH3 is 1. The summed E-state index contributed by atoms with van der Waals surface area (Å²) in [4.78, 5) is 52.6. The summed E-state index contributed by atoms with van der Waals surface area (Å²) in [5.41, 5.74) is 0.949. The minimum Gasteiger partial charge on any atom is -0.445 e. The second-order valence-corrected chi connectivity index (χ2v) is 7.47. The quantitative estimate of drug-likeness (QED) is 0.384. The molecule has 0 saturated carbocycles. The highest BCUT2D eigenvalue weighted by atomic mass is 16.5. The van der Waals surface area contributed by atoms with E-state index >= 15 is 0 Å². The minimum atomic E-state index is -0.499. The molecule has 0 spiro atoms. The highest BCUT2D eigenvalue weighted by molar-refractivity contribution is 6.22. The van der Waals surface area contributed by atoms with Crippen LogP contribution in [0.3, 0.4) is 0 Å². The number of hydrogen-bond acceptors (Lipinski definition) is 6. The van der Waals surface area contributed by atoms with Crippen molar-refractivity contribution in [2.75, 3.05) is 40.0 Å². The van der Waals surface area contributed by atoms with Gasteiger partial charge in [-0.3, -0.25) is 19.3 Å². The molecular weight excluding hydrogens is 402 g/mol. The van der Waals surface area contributed by atoms with Crippen LogP contribution in [0.1, 0.15) is 50.3 Å². The van der Waals surface area contributed by atoms with Crippen LogP contribution in [0, 0.1) is 0 Å². The van der Waals surface area contributed by atoms with E-state index in [2.05, 4.69) is 11.9 Å². The van der Waals surface area contributed by atoms with Crippen LogP contribution in [0.25, 0.3) is 0 Å². The van der Waals surface area contributed by atoms with E-state index in [4.69, 9.17) is 9.47 Å². The number of benzene rings is 1. The lowest BCUT2D eigenvalue weighted by atomic mass is 10.0. The monoisotopic (exact) mass is 429 g/mol. The van der Waals surface area contributed by atoms with E-state index in [1.807, 2.05) is 0 Å². The van der Waals surface area contributed by atoms with E-state index in [1.165, 1.54) is 17.0 Å². The molecule has 4 amide bonds. The van der Waals surface area contributed by atoms with Gasteiger partial charge >= 0.3 is 6.09 Å². The number of nitrogens with zero attached hydrogens (tertiary/aromatic N) is 2. The van der Waals surface area contributed by atoms with Crippen molar-refractivity contribution in [3.63, 3.8) is 0 Å². The van der Waals surface area contributed by atoms with Crippen molar-refractivity contribution in [1.82, 2.24) is 15.1 Å². The third kappa shape index (κ3) is 5.11. The Morgan fingerprint density at radius 2 is 1.90 bits per heavy atom. The number of hydrogen-bond donors (Lipinski definition) is 1. The zero-order valence-electron chi connectivity index (χ0n) is 17.6. The fourth-order valence-electron chi connectivity index (χ4n) is 3.75. The largest absolute Gasteiger partial charge is 0.445 e.